The number of aliphatic imine (C=N–C) groups is 2. The van der Waals surface area contributed by atoms with E-state index >= 15 is 0 Å². The van der Waals surface area contributed by atoms with Gasteiger partial charge in [0.1, 0.15) is 12.0 Å². The van der Waals surface area contributed by atoms with Gasteiger partial charge in [0, 0.05) is 63.7 Å². The summed E-state index contributed by atoms with van der Waals surface area (Å²) in [5.41, 5.74) is 22.8. The molecule has 0 radical (unpaired) electrons. The maximum Gasteiger partial charge on any atom is 0.351 e. The Labute approximate surface area is 337 Å². The Balaban J connectivity index is 0.964. The minimum absolute atomic E-state index is 0.0329. The van der Waals surface area contributed by atoms with Crippen LogP contribution in [0.4, 0.5) is 5.82 Å². The molecule has 1 aromatic heterocycles. The first kappa shape index (κ1) is 39.9. The van der Waals surface area contributed by atoms with Gasteiger partial charge in [-0.3, -0.25) is 24.1 Å². The van der Waals surface area contributed by atoms with Gasteiger partial charge in [0.15, 0.2) is 11.9 Å². The molecule has 10 N–H and O–H groups in total. The number of ether oxygens (including phenoxy) is 1. The second-order valence-electron chi connectivity index (χ2n) is 19.8. The van der Waals surface area contributed by atoms with E-state index in [0.29, 0.717) is 64.1 Å². The first-order valence-electron chi connectivity index (χ1n) is 22.0. The Morgan fingerprint density at radius 3 is 1.74 bits per heavy atom. The third-order valence-corrected chi connectivity index (χ3v) is 15.0. The molecular weight excluding hydrogens is 723 g/mol. The number of nitrogens with zero attached hydrogens (tertiary/aromatic N) is 5. The number of carbonyl (C=O) groups excluding carboxylic acids is 2. The van der Waals surface area contributed by atoms with Gasteiger partial charge in [-0.25, -0.2) is 4.79 Å². The standard InChI is InChI=1S/C42H67N11O4/c1-25-24-53(40(56)51-37(25)52(6-2-4-47-38(43)44)7-3-5-48-39(45)46)36-14-32(50-35(55)22-42-18-29-11-30(19-42)13-31(12-29)20-42)33(57-36)23-49-34(54)21-41-15-26-8-27(16-41)10-28(9-26)17-41/h24,26-33,36H,2-23H2,1H3,(H,49,54)(H,50,55)(H4,43,44,47)(H4,45,46,48)/t26?,27?,28?,29?,30?,31?,32-,33+,36+,41?,42?/m0/s1. The van der Waals surface area contributed by atoms with Crippen LogP contribution in [-0.2, 0) is 14.3 Å². The number of nitrogens with one attached hydrogen (secondary N) is 2. The van der Waals surface area contributed by atoms with Crippen LogP contribution in [0.5, 0.6) is 0 Å². The number of carbonyl (C=O) groups is 2. The molecule has 0 unspecified atom stereocenters. The molecule has 2 amide bonds. The fraction of sp³-hybridized carbons (Fsp3) is 0.810. The minimum atomic E-state index is -0.648. The monoisotopic (exact) mass is 790 g/mol. The largest absolute Gasteiger partial charge is 0.370 e. The summed E-state index contributed by atoms with van der Waals surface area (Å²) in [4.78, 5) is 56.4. The normalized spacial score (nSPS) is 35.6. The van der Waals surface area contributed by atoms with E-state index in [0.717, 1.165) is 60.3 Å². The highest BCUT2D eigenvalue weighted by molar-refractivity contribution is 5.78. The molecule has 9 fully saturated rings. The lowest BCUT2D eigenvalue weighted by Crippen LogP contribution is -2.51. The number of anilines is 1. The average molecular weight is 790 g/mol. The Morgan fingerprint density at radius 2 is 1.26 bits per heavy atom. The number of amides is 2. The molecule has 8 saturated carbocycles. The molecule has 1 saturated heterocycles. The van der Waals surface area contributed by atoms with Gasteiger partial charge in [0.25, 0.3) is 0 Å². The van der Waals surface area contributed by atoms with E-state index < -0.39 is 18.0 Å². The van der Waals surface area contributed by atoms with Crippen molar-refractivity contribution in [2.45, 2.75) is 134 Å². The van der Waals surface area contributed by atoms with Crippen LogP contribution in [0, 0.1) is 53.3 Å². The number of nitrogens with two attached hydrogens (primary N) is 4. The maximum absolute atomic E-state index is 14.0. The van der Waals surface area contributed by atoms with Crippen LogP contribution in [0.15, 0.2) is 21.0 Å². The number of hydrogen-bond acceptors (Lipinski definition) is 8. The third kappa shape index (κ3) is 9.23. The third-order valence-electron chi connectivity index (χ3n) is 15.0. The molecule has 2 heterocycles. The van der Waals surface area contributed by atoms with Gasteiger partial charge in [-0.2, -0.15) is 4.98 Å². The maximum atomic E-state index is 14.0. The summed E-state index contributed by atoms with van der Waals surface area (Å²) >= 11 is 0. The predicted molar refractivity (Wildman–Crippen MR) is 220 cm³/mol. The number of aryl methyl sites for hydroxylation is 1. The fourth-order valence-electron chi connectivity index (χ4n) is 13.8. The van der Waals surface area contributed by atoms with Crippen molar-refractivity contribution >= 4 is 29.6 Å². The van der Waals surface area contributed by atoms with E-state index in [1.165, 1.54) is 57.8 Å². The molecule has 8 aliphatic carbocycles. The van der Waals surface area contributed by atoms with E-state index in [-0.39, 0.29) is 47.2 Å². The SMILES string of the molecule is Cc1cn([C@H]2C[C@H](NC(=O)CC34CC5CC(CC(C5)C3)C4)[C@@H](CNC(=O)CC34CC5CC(CC(C5)C3)C4)O2)c(=O)nc1N(CCCN=C(N)N)CCCN=C(N)N. The zero-order chi connectivity index (χ0) is 39.9. The molecule has 1 aliphatic heterocycles. The smallest absolute Gasteiger partial charge is 0.351 e. The Hall–Kier alpha value is -3.88. The summed E-state index contributed by atoms with van der Waals surface area (Å²) in [5.74, 6) is 5.38. The number of rotatable bonds is 17. The van der Waals surface area contributed by atoms with Gasteiger partial charge < -0.3 is 43.2 Å². The molecule has 8 bridgehead atoms. The molecule has 15 nitrogen and oxygen atoms in total. The van der Waals surface area contributed by atoms with Gasteiger partial charge >= 0.3 is 5.69 Å². The summed E-state index contributed by atoms with van der Waals surface area (Å²) in [5, 5.41) is 6.61. The average Bonchev–Trinajstić information content (AvgIpc) is 3.50. The lowest BCUT2D eigenvalue weighted by atomic mass is 9.49. The Bertz CT molecular complexity index is 1670. The van der Waals surface area contributed by atoms with Crippen molar-refractivity contribution < 1.29 is 14.3 Å². The second kappa shape index (κ2) is 16.4. The lowest BCUT2D eigenvalue weighted by Gasteiger charge is -2.56. The molecule has 3 atom stereocenters. The Morgan fingerprint density at radius 1 is 0.789 bits per heavy atom. The number of guanidine groups is 2. The number of hydrogen-bond donors (Lipinski definition) is 6. The van der Waals surface area contributed by atoms with Crippen molar-refractivity contribution in [1.29, 1.82) is 0 Å². The second-order valence-corrected chi connectivity index (χ2v) is 19.8. The fourth-order valence-corrected chi connectivity index (χ4v) is 13.8. The van der Waals surface area contributed by atoms with Gasteiger partial charge in [-0.05, 0) is 143 Å². The van der Waals surface area contributed by atoms with Gasteiger partial charge in [-0.1, -0.05) is 0 Å². The summed E-state index contributed by atoms with van der Waals surface area (Å²) in [6.07, 6.45) is 18.5. The van der Waals surface area contributed by atoms with Crippen molar-refractivity contribution in [3.63, 3.8) is 0 Å². The van der Waals surface area contributed by atoms with Crippen LogP contribution in [0.2, 0.25) is 0 Å². The molecule has 10 rings (SSSR count). The van der Waals surface area contributed by atoms with Crippen molar-refractivity contribution in [3.8, 4) is 0 Å². The molecule has 314 valence electrons. The highest BCUT2D eigenvalue weighted by Gasteiger charge is 2.53. The van der Waals surface area contributed by atoms with Crippen LogP contribution in [-0.4, -0.2) is 78.2 Å². The topological polar surface area (TPSA) is 234 Å². The molecule has 0 aromatic carbocycles. The molecular formula is C42H67N11O4. The van der Waals surface area contributed by atoms with Crippen LogP contribution >= 0.6 is 0 Å². The van der Waals surface area contributed by atoms with E-state index in [4.69, 9.17) is 27.7 Å². The quantitative estimate of drug-likeness (QED) is 0.0767. The Kier molecular flexibility index (Phi) is 11.5. The van der Waals surface area contributed by atoms with E-state index in [9.17, 15) is 14.4 Å². The number of aromatic nitrogens is 2. The summed E-state index contributed by atoms with van der Waals surface area (Å²) in [6, 6.07) is -0.356. The highest BCUT2D eigenvalue weighted by atomic mass is 16.5. The predicted octanol–water partition coefficient (Wildman–Crippen LogP) is 2.79. The summed E-state index contributed by atoms with van der Waals surface area (Å²) in [6.45, 7) is 4.23. The zero-order valence-corrected chi connectivity index (χ0v) is 34.0. The van der Waals surface area contributed by atoms with Crippen molar-refractivity contribution in [2.75, 3.05) is 37.6 Å². The molecule has 0 spiro atoms. The molecule has 15 heteroatoms. The minimum Gasteiger partial charge on any atom is -0.370 e. The van der Waals surface area contributed by atoms with Crippen molar-refractivity contribution in [3.05, 3.63) is 22.2 Å². The van der Waals surface area contributed by atoms with Crippen LogP contribution in [0.1, 0.15) is 121 Å². The lowest BCUT2D eigenvalue weighted by molar-refractivity contribution is -0.130. The molecule has 57 heavy (non-hydrogen) atoms. The van der Waals surface area contributed by atoms with E-state index in [1.54, 1.807) is 10.8 Å². The summed E-state index contributed by atoms with van der Waals surface area (Å²) < 4.78 is 8.19. The van der Waals surface area contributed by atoms with Crippen LogP contribution in [0.25, 0.3) is 0 Å². The van der Waals surface area contributed by atoms with Crippen LogP contribution in [0.3, 0.4) is 0 Å². The summed E-state index contributed by atoms with van der Waals surface area (Å²) in [7, 11) is 0. The van der Waals surface area contributed by atoms with Gasteiger partial charge in [-0.15, -0.1) is 0 Å². The van der Waals surface area contributed by atoms with Gasteiger partial charge in [0.05, 0.1) is 12.1 Å². The van der Waals surface area contributed by atoms with Crippen LogP contribution < -0.4 is 44.2 Å². The van der Waals surface area contributed by atoms with Crippen molar-refractivity contribution in [1.82, 2.24) is 20.2 Å². The zero-order valence-electron chi connectivity index (χ0n) is 34.0. The van der Waals surface area contributed by atoms with E-state index in [2.05, 4.69) is 25.6 Å². The first-order valence-corrected chi connectivity index (χ1v) is 22.0. The molecule has 1 aromatic rings. The van der Waals surface area contributed by atoms with Crippen molar-refractivity contribution in [2.24, 2.45) is 79.3 Å². The molecule has 9 aliphatic rings. The van der Waals surface area contributed by atoms with Gasteiger partial charge in [0.2, 0.25) is 11.8 Å². The first-order chi connectivity index (χ1) is 27.3. The highest BCUT2D eigenvalue weighted by Crippen LogP contribution is 2.62. The van der Waals surface area contributed by atoms with E-state index in [1.807, 2.05) is 11.8 Å².